The summed E-state index contributed by atoms with van der Waals surface area (Å²) in [6.07, 6.45) is 3.75. The quantitative estimate of drug-likeness (QED) is 0.794. The summed E-state index contributed by atoms with van der Waals surface area (Å²) in [5.74, 6) is 0. The average Bonchev–Trinajstić information content (AvgIpc) is 2.15. The van der Waals surface area contributed by atoms with Crippen LogP contribution in [0, 0.1) is 6.92 Å². The van der Waals surface area contributed by atoms with Crippen LogP contribution in [0.4, 0.5) is 0 Å². The third-order valence-electron chi connectivity index (χ3n) is 2.41. The molecule has 3 nitrogen and oxygen atoms in total. The molecule has 0 saturated heterocycles. The highest BCUT2D eigenvalue weighted by Gasteiger charge is 2.11. The first-order valence-corrected chi connectivity index (χ1v) is 5.82. The van der Waals surface area contributed by atoms with Crippen molar-refractivity contribution in [1.29, 1.82) is 0 Å². The van der Waals surface area contributed by atoms with Gasteiger partial charge in [-0.3, -0.25) is 9.88 Å². The Morgan fingerprint density at radius 3 is 2.69 bits per heavy atom. The molecule has 16 heavy (non-hydrogen) atoms. The predicted octanol–water partition coefficient (Wildman–Crippen LogP) is 1.89. The van der Waals surface area contributed by atoms with Gasteiger partial charge in [-0.1, -0.05) is 18.3 Å². The maximum absolute atomic E-state index is 5.59. The molecule has 0 atom stereocenters. The van der Waals surface area contributed by atoms with E-state index in [1.165, 1.54) is 11.1 Å². The van der Waals surface area contributed by atoms with Gasteiger partial charge in [-0.05, 0) is 31.9 Å². The largest absolute Gasteiger partial charge is 0.392 e. The first-order chi connectivity index (χ1) is 7.49. The lowest BCUT2D eigenvalue weighted by Gasteiger charge is -2.25. The van der Waals surface area contributed by atoms with Crippen LogP contribution < -0.4 is 5.73 Å². The molecule has 0 spiro atoms. The summed E-state index contributed by atoms with van der Waals surface area (Å²) in [6, 6.07) is 2.56. The molecule has 2 N–H and O–H groups in total. The molecular weight excluding hydrogens is 218 g/mol. The SMILES string of the molecule is Cc1cncc(CN(CC(N)=S)C(C)C)c1. The van der Waals surface area contributed by atoms with Crippen molar-refractivity contribution in [2.24, 2.45) is 5.73 Å². The molecule has 1 aromatic rings. The van der Waals surface area contributed by atoms with Crippen LogP contribution in [-0.2, 0) is 6.54 Å². The normalized spacial score (nSPS) is 11.1. The standard InChI is InChI=1S/C12H19N3S/c1-9(2)15(8-12(13)16)7-11-4-10(3)5-14-6-11/h4-6,9H,7-8H2,1-3H3,(H2,13,16). The monoisotopic (exact) mass is 237 g/mol. The van der Waals surface area contributed by atoms with Gasteiger partial charge in [-0.2, -0.15) is 0 Å². The molecule has 0 aliphatic heterocycles. The molecule has 0 aromatic carbocycles. The third kappa shape index (κ3) is 4.24. The van der Waals surface area contributed by atoms with Crippen molar-refractivity contribution in [3.63, 3.8) is 0 Å². The summed E-state index contributed by atoms with van der Waals surface area (Å²) >= 11 is 4.95. The summed E-state index contributed by atoms with van der Waals surface area (Å²) in [6.45, 7) is 7.82. The van der Waals surface area contributed by atoms with Gasteiger partial charge < -0.3 is 5.73 Å². The van der Waals surface area contributed by atoms with E-state index in [4.69, 9.17) is 18.0 Å². The summed E-state index contributed by atoms with van der Waals surface area (Å²) in [7, 11) is 0. The highest BCUT2D eigenvalue weighted by atomic mass is 32.1. The van der Waals surface area contributed by atoms with E-state index in [1.54, 1.807) is 0 Å². The van der Waals surface area contributed by atoms with Gasteiger partial charge in [0.1, 0.15) is 0 Å². The Balaban J connectivity index is 2.71. The van der Waals surface area contributed by atoms with Gasteiger partial charge >= 0.3 is 0 Å². The van der Waals surface area contributed by atoms with Gasteiger partial charge in [0.15, 0.2) is 0 Å². The van der Waals surface area contributed by atoms with Crippen molar-refractivity contribution in [3.05, 3.63) is 29.6 Å². The van der Waals surface area contributed by atoms with Crippen molar-refractivity contribution in [1.82, 2.24) is 9.88 Å². The molecule has 0 aliphatic rings. The molecule has 0 saturated carbocycles. The molecule has 0 fully saturated rings. The summed E-state index contributed by atoms with van der Waals surface area (Å²) in [4.78, 5) is 6.96. The van der Waals surface area contributed by atoms with Crippen molar-refractivity contribution >= 4 is 17.2 Å². The molecule has 4 heteroatoms. The summed E-state index contributed by atoms with van der Waals surface area (Å²) in [5.41, 5.74) is 7.97. The van der Waals surface area contributed by atoms with E-state index in [0.29, 0.717) is 17.6 Å². The van der Waals surface area contributed by atoms with Gasteiger partial charge in [0, 0.05) is 31.5 Å². The fraction of sp³-hybridized carbons (Fsp3) is 0.500. The number of hydrogen-bond donors (Lipinski definition) is 1. The molecule has 0 aliphatic carbocycles. The van der Waals surface area contributed by atoms with E-state index in [1.807, 2.05) is 19.3 Å². The van der Waals surface area contributed by atoms with E-state index >= 15 is 0 Å². The van der Waals surface area contributed by atoms with Crippen LogP contribution in [0.3, 0.4) is 0 Å². The van der Waals surface area contributed by atoms with Gasteiger partial charge in [-0.25, -0.2) is 0 Å². The first kappa shape index (κ1) is 13.1. The Labute approximate surface area is 103 Å². The molecule has 1 aromatic heterocycles. The van der Waals surface area contributed by atoms with E-state index in [-0.39, 0.29) is 0 Å². The van der Waals surface area contributed by atoms with E-state index in [0.717, 1.165) is 6.54 Å². The zero-order valence-electron chi connectivity index (χ0n) is 10.1. The van der Waals surface area contributed by atoms with Crippen LogP contribution in [0.5, 0.6) is 0 Å². The zero-order valence-corrected chi connectivity index (χ0v) is 10.9. The minimum Gasteiger partial charge on any atom is -0.392 e. The molecule has 1 heterocycles. The number of nitrogens with zero attached hydrogens (tertiary/aromatic N) is 2. The Morgan fingerprint density at radius 2 is 2.19 bits per heavy atom. The molecule has 1 rings (SSSR count). The minimum absolute atomic E-state index is 0.419. The molecule has 88 valence electrons. The highest BCUT2D eigenvalue weighted by molar-refractivity contribution is 7.80. The van der Waals surface area contributed by atoms with Crippen molar-refractivity contribution in [2.45, 2.75) is 33.4 Å². The third-order valence-corrected chi connectivity index (χ3v) is 2.54. The van der Waals surface area contributed by atoms with Gasteiger partial charge in [0.05, 0.1) is 4.99 Å². The van der Waals surface area contributed by atoms with Crippen LogP contribution >= 0.6 is 12.2 Å². The molecular formula is C12H19N3S. The number of thiocarbonyl (C=S) groups is 1. The maximum atomic E-state index is 5.59. The van der Waals surface area contributed by atoms with E-state index in [9.17, 15) is 0 Å². The van der Waals surface area contributed by atoms with Gasteiger partial charge in [-0.15, -0.1) is 0 Å². The van der Waals surface area contributed by atoms with Crippen LogP contribution in [0.25, 0.3) is 0 Å². The van der Waals surface area contributed by atoms with E-state index in [2.05, 4.69) is 29.8 Å². The topological polar surface area (TPSA) is 42.2 Å². The zero-order chi connectivity index (χ0) is 12.1. The second-order valence-electron chi connectivity index (χ2n) is 4.34. The van der Waals surface area contributed by atoms with Crippen LogP contribution in [0.1, 0.15) is 25.0 Å². The Morgan fingerprint density at radius 1 is 1.50 bits per heavy atom. The Kier molecular flexibility index (Phi) is 4.83. The van der Waals surface area contributed by atoms with Crippen LogP contribution in [-0.4, -0.2) is 27.5 Å². The number of pyridine rings is 1. The second-order valence-corrected chi connectivity index (χ2v) is 4.86. The molecule has 0 radical (unpaired) electrons. The van der Waals surface area contributed by atoms with Gasteiger partial charge in [0.2, 0.25) is 0 Å². The smallest absolute Gasteiger partial charge is 0.0870 e. The number of aromatic nitrogens is 1. The minimum atomic E-state index is 0.419. The van der Waals surface area contributed by atoms with E-state index < -0.39 is 0 Å². The molecule has 0 bridgehead atoms. The predicted molar refractivity (Wildman–Crippen MR) is 71.3 cm³/mol. The molecule has 0 amide bonds. The summed E-state index contributed by atoms with van der Waals surface area (Å²) < 4.78 is 0. The van der Waals surface area contributed by atoms with Crippen molar-refractivity contribution in [3.8, 4) is 0 Å². The number of nitrogens with two attached hydrogens (primary N) is 1. The number of rotatable bonds is 5. The highest BCUT2D eigenvalue weighted by Crippen LogP contribution is 2.08. The molecule has 0 unspecified atom stereocenters. The average molecular weight is 237 g/mol. The van der Waals surface area contributed by atoms with Crippen LogP contribution in [0.15, 0.2) is 18.5 Å². The Hall–Kier alpha value is -1.00. The first-order valence-electron chi connectivity index (χ1n) is 5.42. The Bertz CT molecular complexity index is 363. The van der Waals surface area contributed by atoms with Gasteiger partial charge in [0.25, 0.3) is 0 Å². The summed E-state index contributed by atoms with van der Waals surface area (Å²) in [5, 5.41) is 0. The lowest BCUT2D eigenvalue weighted by molar-refractivity contribution is 0.245. The number of hydrogen-bond acceptors (Lipinski definition) is 3. The lowest BCUT2D eigenvalue weighted by atomic mass is 10.2. The van der Waals surface area contributed by atoms with Crippen molar-refractivity contribution < 1.29 is 0 Å². The van der Waals surface area contributed by atoms with Crippen LogP contribution in [0.2, 0.25) is 0 Å². The lowest BCUT2D eigenvalue weighted by Crippen LogP contribution is -2.37. The fourth-order valence-corrected chi connectivity index (χ4v) is 1.73. The second kappa shape index (κ2) is 5.92. The van der Waals surface area contributed by atoms with Crippen molar-refractivity contribution in [2.75, 3.05) is 6.54 Å². The number of aryl methyl sites for hydroxylation is 1. The maximum Gasteiger partial charge on any atom is 0.0870 e. The fourth-order valence-electron chi connectivity index (χ4n) is 1.56.